The molecule has 1 aromatic carbocycles. The molecular weight excluding hydrogens is 348 g/mol. The fourth-order valence-corrected chi connectivity index (χ4v) is 4.39. The summed E-state index contributed by atoms with van der Waals surface area (Å²) in [5.41, 5.74) is 1.89. The van der Waals surface area contributed by atoms with E-state index in [1.807, 2.05) is 18.2 Å². The van der Waals surface area contributed by atoms with Gasteiger partial charge in [0.2, 0.25) is 11.9 Å². The summed E-state index contributed by atoms with van der Waals surface area (Å²) in [4.78, 5) is 22.9. The van der Waals surface area contributed by atoms with Crippen molar-refractivity contribution in [1.29, 1.82) is 0 Å². The quantitative estimate of drug-likeness (QED) is 0.788. The van der Waals surface area contributed by atoms with Crippen LogP contribution in [0.4, 0.5) is 5.95 Å². The number of amides is 1. The maximum Gasteiger partial charge on any atom is 0.223 e. The van der Waals surface area contributed by atoms with Crippen molar-refractivity contribution in [1.82, 2.24) is 15.3 Å². The number of aromatic amines is 1. The van der Waals surface area contributed by atoms with E-state index in [0.29, 0.717) is 11.1 Å². The van der Waals surface area contributed by atoms with Gasteiger partial charge in [0.1, 0.15) is 0 Å². The predicted octanol–water partition coefficient (Wildman–Crippen LogP) is 4.27. The van der Waals surface area contributed by atoms with Gasteiger partial charge in [0.25, 0.3) is 0 Å². The lowest BCUT2D eigenvalue weighted by Gasteiger charge is -2.32. The fraction of sp³-hybridized carbons (Fsp3) is 0.600. The largest absolute Gasteiger partial charge is 0.353 e. The standard InChI is InChI=1S/C20H27ClN4O/c21-15-7-8-17-18(13-15)24-20(23-17)25-11-9-14(10-12-25)19(26)22-16-5-3-1-2-4-6-16/h7-8,13-14,16H,1-6,9-12H2,(H,22,26)(H,23,24). The molecule has 2 fully saturated rings. The van der Waals surface area contributed by atoms with Gasteiger partial charge in [-0.3, -0.25) is 4.79 Å². The molecule has 140 valence electrons. The van der Waals surface area contributed by atoms with Gasteiger partial charge in [-0.1, -0.05) is 37.3 Å². The molecular formula is C20H27ClN4O. The van der Waals surface area contributed by atoms with Gasteiger partial charge in [0, 0.05) is 30.1 Å². The minimum Gasteiger partial charge on any atom is -0.353 e. The van der Waals surface area contributed by atoms with Crippen molar-refractivity contribution in [2.24, 2.45) is 5.92 Å². The number of benzene rings is 1. The third-order valence-electron chi connectivity index (χ3n) is 5.80. The van der Waals surface area contributed by atoms with E-state index in [1.54, 1.807) is 0 Å². The van der Waals surface area contributed by atoms with E-state index < -0.39 is 0 Å². The van der Waals surface area contributed by atoms with Crippen LogP contribution in [0.15, 0.2) is 18.2 Å². The number of hydrogen-bond acceptors (Lipinski definition) is 3. The van der Waals surface area contributed by atoms with Gasteiger partial charge in [0.05, 0.1) is 11.0 Å². The number of imidazole rings is 1. The van der Waals surface area contributed by atoms with Crippen molar-refractivity contribution in [3.05, 3.63) is 23.2 Å². The molecule has 1 aromatic heterocycles. The maximum absolute atomic E-state index is 12.6. The van der Waals surface area contributed by atoms with E-state index in [2.05, 4.69) is 20.2 Å². The molecule has 0 radical (unpaired) electrons. The Hall–Kier alpha value is -1.75. The monoisotopic (exact) mass is 374 g/mol. The lowest BCUT2D eigenvalue weighted by molar-refractivity contribution is -0.126. The molecule has 1 aliphatic carbocycles. The highest BCUT2D eigenvalue weighted by molar-refractivity contribution is 6.31. The normalized spacial score (nSPS) is 20.3. The van der Waals surface area contributed by atoms with Crippen LogP contribution in [0.1, 0.15) is 51.4 Å². The first-order valence-electron chi connectivity index (χ1n) is 9.89. The van der Waals surface area contributed by atoms with Gasteiger partial charge in [0.15, 0.2) is 0 Å². The van der Waals surface area contributed by atoms with E-state index in [4.69, 9.17) is 11.6 Å². The summed E-state index contributed by atoms with van der Waals surface area (Å²) in [6.07, 6.45) is 9.19. The van der Waals surface area contributed by atoms with E-state index in [0.717, 1.165) is 55.8 Å². The summed E-state index contributed by atoms with van der Waals surface area (Å²) in [6, 6.07) is 6.09. The Morgan fingerprint density at radius 3 is 2.58 bits per heavy atom. The van der Waals surface area contributed by atoms with Gasteiger partial charge in [-0.15, -0.1) is 0 Å². The van der Waals surface area contributed by atoms with Crippen LogP contribution in [0, 0.1) is 5.92 Å². The molecule has 0 atom stereocenters. The zero-order valence-corrected chi connectivity index (χ0v) is 15.9. The molecule has 4 rings (SSSR count). The van der Waals surface area contributed by atoms with Crippen molar-refractivity contribution in [3.8, 4) is 0 Å². The minimum atomic E-state index is 0.133. The summed E-state index contributed by atoms with van der Waals surface area (Å²) in [6.45, 7) is 1.71. The molecule has 2 heterocycles. The van der Waals surface area contributed by atoms with E-state index in [9.17, 15) is 4.79 Å². The number of fused-ring (bicyclic) bond motifs is 1. The van der Waals surface area contributed by atoms with Crippen molar-refractivity contribution in [3.63, 3.8) is 0 Å². The Kier molecular flexibility index (Phi) is 5.34. The number of nitrogens with one attached hydrogen (secondary N) is 2. The second-order valence-electron chi connectivity index (χ2n) is 7.68. The third-order valence-corrected chi connectivity index (χ3v) is 6.03. The topological polar surface area (TPSA) is 61.0 Å². The van der Waals surface area contributed by atoms with Crippen LogP contribution >= 0.6 is 11.6 Å². The average Bonchev–Trinajstić information content (AvgIpc) is 2.90. The zero-order valence-electron chi connectivity index (χ0n) is 15.1. The average molecular weight is 375 g/mol. The molecule has 2 aliphatic rings. The molecule has 2 N–H and O–H groups in total. The summed E-state index contributed by atoms with van der Waals surface area (Å²) >= 11 is 6.05. The molecule has 5 nitrogen and oxygen atoms in total. The molecule has 0 spiro atoms. The van der Waals surface area contributed by atoms with Gasteiger partial charge in [-0.25, -0.2) is 4.98 Å². The molecule has 6 heteroatoms. The van der Waals surface area contributed by atoms with Crippen LogP contribution in [0.3, 0.4) is 0 Å². The number of piperidine rings is 1. The van der Waals surface area contributed by atoms with Crippen molar-refractivity contribution < 1.29 is 4.79 Å². The van der Waals surface area contributed by atoms with Crippen LogP contribution in [0.5, 0.6) is 0 Å². The molecule has 0 unspecified atom stereocenters. The fourth-order valence-electron chi connectivity index (χ4n) is 4.21. The highest BCUT2D eigenvalue weighted by atomic mass is 35.5. The van der Waals surface area contributed by atoms with E-state index >= 15 is 0 Å². The third kappa shape index (κ3) is 3.98. The molecule has 1 amide bonds. The Morgan fingerprint density at radius 1 is 1.12 bits per heavy atom. The van der Waals surface area contributed by atoms with E-state index in [-0.39, 0.29) is 11.8 Å². The van der Waals surface area contributed by atoms with Crippen molar-refractivity contribution >= 4 is 34.5 Å². The van der Waals surface area contributed by atoms with Gasteiger partial charge >= 0.3 is 0 Å². The lowest BCUT2D eigenvalue weighted by atomic mass is 9.95. The van der Waals surface area contributed by atoms with Gasteiger partial charge in [-0.2, -0.15) is 0 Å². The number of rotatable bonds is 3. The zero-order chi connectivity index (χ0) is 17.9. The van der Waals surface area contributed by atoms with Gasteiger partial charge in [-0.05, 0) is 43.9 Å². The number of nitrogens with zero attached hydrogens (tertiary/aromatic N) is 2. The molecule has 2 aromatic rings. The number of halogens is 1. The second-order valence-corrected chi connectivity index (χ2v) is 8.12. The second kappa shape index (κ2) is 7.87. The van der Waals surface area contributed by atoms with Crippen LogP contribution < -0.4 is 10.2 Å². The van der Waals surface area contributed by atoms with Crippen LogP contribution in [0.25, 0.3) is 11.0 Å². The molecule has 0 bridgehead atoms. The smallest absolute Gasteiger partial charge is 0.223 e. The first-order chi connectivity index (χ1) is 12.7. The Balaban J connectivity index is 1.33. The Morgan fingerprint density at radius 2 is 1.85 bits per heavy atom. The SMILES string of the molecule is O=C(NC1CCCCCC1)C1CCN(c2nc3ccc(Cl)cc3[nH]2)CC1. The molecule has 1 saturated carbocycles. The predicted molar refractivity (Wildman–Crippen MR) is 106 cm³/mol. The van der Waals surface area contributed by atoms with Crippen molar-refractivity contribution in [2.45, 2.75) is 57.4 Å². The summed E-state index contributed by atoms with van der Waals surface area (Å²) < 4.78 is 0. The summed E-state index contributed by atoms with van der Waals surface area (Å²) in [7, 11) is 0. The summed E-state index contributed by atoms with van der Waals surface area (Å²) in [5.74, 6) is 1.27. The highest BCUT2D eigenvalue weighted by Crippen LogP contribution is 2.26. The lowest BCUT2D eigenvalue weighted by Crippen LogP contribution is -2.44. The molecule has 26 heavy (non-hydrogen) atoms. The first kappa shape index (κ1) is 17.7. The number of H-pyrrole nitrogens is 1. The molecule has 1 aliphatic heterocycles. The van der Waals surface area contributed by atoms with E-state index in [1.165, 1.54) is 25.7 Å². The van der Waals surface area contributed by atoms with Crippen molar-refractivity contribution in [2.75, 3.05) is 18.0 Å². The maximum atomic E-state index is 12.6. The number of carbonyl (C=O) groups is 1. The van der Waals surface area contributed by atoms with Gasteiger partial charge < -0.3 is 15.2 Å². The number of anilines is 1. The first-order valence-corrected chi connectivity index (χ1v) is 10.3. The molecule has 1 saturated heterocycles. The highest BCUT2D eigenvalue weighted by Gasteiger charge is 2.27. The Labute approximate surface area is 159 Å². The van der Waals surface area contributed by atoms with Crippen LogP contribution in [-0.2, 0) is 4.79 Å². The van der Waals surface area contributed by atoms with Crippen LogP contribution in [0.2, 0.25) is 5.02 Å². The minimum absolute atomic E-state index is 0.133. The Bertz CT molecular complexity index is 758. The van der Waals surface area contributed by atoms with Crippen LogP contribution in [-0.4, -0.2) is 35.0 Å². The number of aromatic nitrogens is 2. The summed E-state index contributed by atoms with van der Waals surface area (Å²) in [5, 5.41) is 4.03. The number of carbonyl (C=O) groups excluding carboxylic acids is 1. The number of hydrogen-bond donors (Lipinski definition) is 2.